The Morgan fingerprint density at radius 2 is 1.50 bits per heavy atom. The third-order valence-corrected chi connectivity index (χ3v) is 4.76. The second-order valence-electron chi connectivity index (χ2n) is 6.80. The zero-order chi connectivity index (χ0) is 17.0. The summed E-state index contributed by atoms with van der Waals surface area (Å²) in [6, 6.07) is 0.542. The lowest BCUT2D eigenvalue weighted by molar-refractivity contribution is 0.0333. The van der Waals surface area contributed by atoms with Crippen LogP contribution >= 0.6 is 0 Å². The van der Waals surface area contributed by atoms with Gasteiger partial charge in [-0.2, -0.15) is 0 Å². The fraction of sp³-hybridized carbons (Fsp3) is 1.00. The van der Waals surface area contributed by atoms with Crippen LogP contribution in [-0.2, 0) is 0 Å². The highest BCUT2D eigenvalue weighted by Gasteiger charge is 2.23. The Hall–Kier alpha value is -0.160. The van der Waals surface area contributed by atoms with Gasteiger partial charge in [0.05, 0.1) is 12.2 Å². The van der Waals surface area contributed by atoms with E-state index >= 15 is 0 Å². The first-order valence-electron chi connectivity index (χ1n) is 9.25. The van der Waals surface area contributed by atoms with Crippen molar-refractivity contribution in [3.8, 4) is 0 Å². The average Bonchev–Trinajstić information content (AvgIpc) is 2.50. The average molecular weight is 317 g/mol. The minimum Gasteiger partial charge on any atom is -0.392 e. The van der Waals surface area contributed by atoms with Crippen LogP contribution in [0, 0.1) is 0 Å². The van der Waals surface area contributed by atoms with Gasteiger partial charge in [0.2, 0.25) is 0 Å². The summed E-state index contributed by atoms with van der Waals surface area (Å²) in [6.45, 7) is 9.49. The molecule has 4 N–H and O–H groups in total. The molecule has 0 saturated heterocycles. The van der Waals surface area contributed by atoms with E-state index in [0.717, 1.165) is 13.0 Å². The fourth-order valence-corrected chi connectivity index (χ4v) is 2.90. The Kier molecular flexibility index (Phi) is 13.2. The molecule has 4 atom stereocenters. The van der Waals surface area contributed by atoms with E-state index in [1.807, 2.05) is 6.92 Å². The SMILES string of the molecule is CCCCCCCCC(C)N(CCC(O)CN)C(C)C(C)O. The van der Waals surface area contributed by atoms with E-state index in [4.69, 9.17) is 5.73 Å². The lowest BCUT2D eigenvalue weighted by Gasteiger charge is -2.36. The molecule has 0 aromatic heterocycles. The summed E-state index contributed by atoms with van der Waals surface area (Å²) in [5.74, 6) is 0. The van der Waals surface area contributed by atoms with Gasteiger partial charge < -0.3 is 15.9 Å². The molecule has 0 bridgehead atoms. The van der Waals surface area contributed by atoms with E-state index in [0.29, 0.717) is 19.0 Å². The van der Waals surface area contributed by atoms with Crippen molar-refractivity contribution in [2.75, 3.05) is 13.1 Å². The number of aliphatic hydroxyl groups is 2. The molecule has 0 heterocycles. The fourth-order valence-electron chi connectivity index (χ4n) is 2.90. The Bertz CT molecular complexity index is 249. The summed E-state index contributed by atoms with van der Waals surface area (Å²) < 4.78 is 0. The molecule has 0 aromatic carbocycles. The van der Waals surface area contributed by atoms with E-state index in [1.54, 1.807) is 0 Å². The molecule has 4 nitrogen and oxygen atoms in total. The van der Waals surface area contributed by atoms with Crippen molar-refractivity contribution in [3.63, 3.8) is 0 Å². The zero-order valence-corrected chi connectivity index (χ0v) is 15.3. The van der Waals surface area contributed by atoms with Crippen molar-refractivity contribution in [2.24, 2.45) is 5.73 Å². The summed E-state index contributed by atoms with van der Waals surface area (Å²) in [5, 5.41) is 19.6. The Balaban J connectivity index is 4.22. The maximum atomic E-state index is 9.90. The molecule has 22 heavy (non-hydrogen) atoms. The molecular weight excluding hydrogens is 276 g/mol. The highest BCUT2D eigenvalue weighted by Crippen LogP contribution is 2.17. The highest BCUT2D eigenvalue weighted by atomic mass is 16.3. The summed E-state index contributed by atoms with van der Waals surface area (Å²) in [5.41, 5.74) is 5.49. The first-order chi connectivity index (χ1) is 10.4. The van der Waals surface area contributed by atoms with Gasteiger partial charge in [0, 0.05) is 25.2 Å². The molecule has 0 aliphatic carbocycles. The molecule has 4 heteroatoms. The van der Waals surface area contributed by atoms with Gasteiger partial charge >= 0.3 is 0 Å². The van der Waals surface area contributed by atoms with Crippen molar-refractivity contribution in [1.29, 1.82) is 0 Å². The van der Waals surface area contributed by atoms with Gasteiger partial charge in [0.1, 0.15) is 0 Å². The molecule has 0 aliphatic heterocycles. The second kappa shape index (κ2) is 13.3. The minimum absolute atomic E-state index is 0.111. The van der Waals surface area contributed by atoms with Crippen molar-refractivity contribution in [2.45, 2.75) is 103 Å². The van der Waals surface area contributed by atoms with Crippen LogP contribution in [0.5, 0.6) is 0 Å². The normalized spacial score (nSPS) is 17.5. The molecule has 0 aliphatic rings. The Labute approximate surface area is 138 Å². The third-order valence-electron chi connectivity index (χ3n) is 4.76. The molecule has 0 fully saturated rings. The summed E-state index contributed by atoms with van der Waals surface area (Å²) >= 11 is 0. The van der Waals surface area contributed by atoms with Crippen LogP contribution in [-0.4, -0.2) is 52.5 Å². The van der Waals surface area contributed by atoms with E-state index in [9.17, 15) is 10.2 Å². The van der Waals surface area contributed by atoms with Crippen LogP contribution in [0.4, 0.5) is 0 Å². The molecule has 134 valence electrons. The Morgan fingerprint density at radius 3 is 2.05 bits per heavy atom. The molecule has 0 aromatic rings. The number of nitrogens with zero attached hydrogens (tertiary/aromatic N) is 1. The third kappa shape index (κ3) is 9.78. The smallest absolute Gasteiger partial charge is 0.0674 e. The lowest BCUT2D eigenvalue weighted by Crippen LogP contribution is -2.47. The number of unbranched alkanes of at least 4 members (excludes halogenated alkanes) is 5. The van der Waals surface area contributed by atoms with E-state index in [-0.39, 0.29) is 12.1 Å². The molecule has 0 spiro atoms. The maximum absolute atomic E-state index is 9.90. The highest BCUT2D eigenvalue weighted by molar-refractivity contribution is 4.78. The van der Waals surface area contributed by atoms with Gasteiger partial charge in [0.15, 0.2) is 0 Å². The van der Waals surface area contributed by atoms with Crippen molar-refractivity contribution in [1.82, 2.24) is 4.90 Å². The quantitative estimate of drug-likeness (QED) is 0.431. The number of hydrogen-bond donors (Lipinski definition) is 3. The summed E-state index contributed by atoms with van der Waals surface area (Å²) in [6.07, 6.45) is 8.89. The van der Waals surface area contributed by atoms with Crippen LogP contribution in [0.15, 0.2) is 0 Å². The van der Waals surface area contributed by atoms with E-state index < -0.39 is 6.10 Å². The molecule has 0 radical (unpaired) electrons. The molecular formula is C18H40N2O2. The standard InChI is InChI=1S/C18H40N2O2/c1-5-6-7-8-9-10-11-15(2)20(16(3)17(4)21)13-12-18(22)14-19/h15-18,21-22H,5-14,19H2,1-4H3. The second-order valence-corrected chi connectivity index (χ2v) is 6.80. The summed E-state index contributed by atoms with van der Waals surface area (Å²) in [7, 11) is 0. The monoisotopic (exact) mass is 316 g/mol. The van der Waals surface area contributed by atoms with Gasteiger partial charge in [-0.1, -0.05) is 45.4 Å². The molecule has 4 unspecified atom stereocenters. The summed E-state index contributed by atoms with van der Waals surface area (Å²) in [4.78, 5) is 2.33. The van der Waals surface area contributed by atoms with Gasteiger partial charge in [-0.15, -0.1) is 0 Å². The van der Waals surface area contributed by atoms with Crippen LogP contribution in [0.1, 0.15) is 79.1 Å². The first-order valence-corrected chi connectivity index (χ1v) is 9.25. The Morgan fingerprint density at radius 1 is 0.909 bits per heavy atom. The van der Waals surface area contributed by atoms with Gasteiger partial charge in [-0.25, -0.2) is 0 Å². The number of aliphatic hydroxyl groups excluding tert-OH is 2. The van der Waals surface area contributed by atoms with Crippen molar-refractivity contribution >= 4 is 0 Å². The molecule has 0 saturated carbocycles. The molecule has 0 rings (SSSR count). The zero-order valence-electron chi connectivity index (χ0n) is 15.3. The van der Waals surface area contributed by atoms with Crippen LogP contribution in [0.25, 0.3) is 0 Å². The number of rotatable bonds is 14. The van der Waals surface area contributed by atoms with Crippen LogP contribution in [0.2, 0.25) is 0 Å². The van der Waals surface area contributed by atoms with Crippen LogP contribution < -0.4 is 5.73 Å². The van der Waals surface area contributed by atoms with Crippen molar-refractivity contribution < 1.29 is 10.2 Å². The lowest BCUT2D eigenvalue weighted by atomic mass is 10.0. The van der Waals surface area contributed by atoms with Crippen LogP contribution in [0.3, 0.4) is 0 Å². The predicted molar refractivity (Wildman–Crippen MR) is 95.0 cm³/mol. The van der Waals surface area contributed by atoms with Crippen molar-refractivity contribution in [3.05, 3.63) is 0 Å². The largest absolute Gasteiger partial charge is 0.392 e. The maximum Gasteiger partial charge on any atom is 0.0674 e. The van der Waals surface area contributed by atoms with Gasteiger partial charge in [-0.3, -0.25) is 4.90 Å². The number of hydrogen-bond acceptors (Lipinski definition) is 4. The first kappa shape index (κ1) is 21.8. The van der Waals surface area contributed by atoms with Gasteiger partial charge in [0.25, 0.3) is 0 Å². The predicted octanol–water partition coefficient (Wildman–Crippen LogP) is 2.91. The van der Waals surface area contributed by atoms with E-state index in [2.05, 4.69) is 25.7 Å². The minimum atomic E-state index is -0.440. The van der Waals surface area contributed by atoms with Gasteiger partial charge in [-0.05, 0) is 33.6 Å². The number of nitrogens with two attached hydrogens (primary N) is 1. The molecule has 0 amide bonds. The van der Waals surface area contributed by atoms with E-state index in [1.165, 1.54) is 38.5 Å². The topological polar surface area (TPSA) is 69.7 Å².